The molecule has 1 aromatic heterocycles. The second-order valence-electron chi connectivity index (χ2n) is 4.25. The van der Waals surface area contributed by atoms with Gasteiger partial charge in [0.1, 0.15) is 11.6 Å². The molecule has 1 heterocycles. The Balaban J connectivity index is 1.90. The van der Waals surface area contributed by atoms with E-state index in [0.29, 0.717) is 18.9 Å². The number of hydrogen-bond acceptors (Lipinski definition) is 3. The van der Waals surface area contributed by atoms with E-state index in [1.165, 1.54) is 17.0 Å². The van der Waals surface area contributed by atoms with Gasteiger partial charge in [0.05, 0.1) is 6.61 Å². The highest BCUT2D eigenvalue weighted by atomic mass is 32.1. The molecule has 1 aromatic carbocycles. The van der Waals surface area contributed by atoms with Crippen LogP contribution in [0.5, 0.6) is 5.75 Å². The van der Waals surface area contributed by atoms with E-state index in [1.807, 2.05) is 24.4 Å². The summed E-state index contributed by atoms with van der Waals surface area (Å²) in [7, 11) is 0. The highest BCUT2D eigenvalue weighted by molar-refractivity contribution is 7.09. The summed E-state index contributed by atoms with van der Waals surface area (Å²) in [4.78, 5) is 1.28. The fraction of sp³-hybridized carbons (Fsp3) is 0.333. The molecule has 0 fully saturated rings. The summed E-state index contributed by atoms with van der Waals surface area (Å²) >= 11 is 1.71. The molecule has 0 aliphatic rings. The Hall–Kier alpha value is -1.39. The molecular weight excluding hydrogens is 261 g/mol. The minimum Gasteiger partial charge on any atom is -0.493 e. The predicted octanol–water partition coefficient (Wildman–Crippen LogP) is 3.62. The van der Waals surface area contributed by atoms with Crippen molar-refractivity contribution in [1.82, 2.24) is 5.32 Å². The molecule has 102 valence electrons. The third-order valence-corrected chi connectivity index (χ3v) is 3.64. The van der Waals surface area contributed by atoms with Gasteiger partial charge in [-0.15, -0.1) is 11.3 Å². The number of rotatable bonds is 7. The second kappa shape index (κ2) is 7.26. The van der Waals surface area contributed by atoms with Crippen molar-refractivity contribution in [3.8, 4) is 5.75 Å². The van der Waals surface area contributed by atoms with Gasteiger partial charge in [-0.1, -0.05) is 13.0 Å². The van der Waals surface area contributed by atoms with Crippen LogP contribution >= 0.6 is 11.3 Å². The molecule has 0 aliphatic heterocycles. The third kappa shape index (κ3) is 4.65. The molecule has 19 heavy (non-hydrogen) atoms. The number of hydrogen-bond donors (Lipinski definition) is 1. The number of thiophene rings is 1. The van der Waals surface area contributed by atoms with E-state index in [1.54, 1.807) is 11.3 Å². The van der Waals surface area contributed by atoms with Gasteiger partial charge in [-0.3, -0.25) is 0 Å². The summed E-state index contributed by atoms with van der Waals surface area (Å²) in [6.45, 7) is 4.13. The number of nitrogens with one attached hydrogen (secondary N) is 1. The molecule has 1 N–H and O–H groups in total. The van der Waals surface area contributed by atoms with Crippen molar-refractivity contribution >= 4 is 11.3 Å². The Kier molecular flexibility index (Phi) is 5.36. The monoisotopic (exact) mass is 279 g/mol. The lowest BCUT2D eigenvalue weighted by Gasteiger charge is -2.08. The molecule has 2 rings (SSSR count). The topological polar surface area (TPSA) is 21.3 Å². The first kappa shape index (κ1) is 14.0. The van der Waals surface area contributed by atoms with Crippen LogP contribution < -0.4 is 10.1 Å². The average Bonchev–Trinajstić information content (AvgIpc) is 2.89. The van der Waals surface area contributed by atoms with E-state index in [-0.39, 0.29) is 5.82 Å². The van der Waals surface area contributed by atoms with Crippen LogP contribution in [0.15, 0.2) is 35.7 Å². The van der Waals surface area contributed by atoms with E-state index >= 15 is 0 Å². The summed E-state index contributed by atoms with van der Waals surface area (Å²) in [5.41, 5.74) is 0.910. The van der Waals surface area contributed by atoms with Crippen LogP contribution in [0.4, 0.5) is 4.39 Å². The average molecular weight is 279 g/mol. The lowest BCUT2D eigenvalue weighted by Crippen LogP contribution is -2.12. The highest BCUT2D eigenvalue weighted by Crippen LogP contribution is 2.17. The zero-order valence-electron chi connectivity index (χ0n) is 11.0. The van der Waals surface area contributed by atoms with Gasteiger partial charge in [0.2, 0.25) is 0 Å². The smallest absolute Gasteiger partial charge is 0.127 e. The van der Waals surface area contributed by atoms with Crippen LogP contribution in [0.3, 0.4) is 0 Å². The number of benzene rings is 1. The molecule has 0 bridgehead atoms. The predicted molar refractivity (Wildman–Crippen MR) is 77.3 cm³/mol. The third-order valence-electron chi connectivity index (χ3n) is 2.71. The van der Waals surface area contributed by atoms with E-state index in [2.05, 4.69) is 11.4 Å². The number of ether oxygens (including phenoxy) is 1. The van der Waals surface area contributed by atoms with E-state index in [0.717, 1.165) is 18.5 Å². The Morgan fingerprint density at radius 2 is 2.21 bits per heavy atom. The largest absolute Gasteiger partial charge is 0.493 e. The van der Waals surface area contributed by atoms with Gasteiger partial charge >= 0.3 is 0 Å². The van der Waals surface area contributed by atoms with Crippen molar-refractivity contribution in [2.45, 2.75) is 19.9 Å². The molecule has 0 amide bonds. The van der Waals surface area contributed by atoms with Crippen LogP contribution in [0.25, 0.3) is 0 Å². The van der Waals surface area contributed by atoms with Crippen molar-refractivity contribution in [1.29, 1.82) is 0 Å². The minimum atomic E-state index is -0.249. The van der Waals surface area contributed by atoms with E-state index < -0.39 is 0 Å². The fourth-order valence-corrected chi connectivity index (χ4v) is 2.49. The van der Waals surface area contributed by atoms with Crippen LogP contribution in [0.2, 0.25) is 0 Å². The first-order valence-corrected chi connectivity index (χ1v) is 7.31. The molecule has 0 atom stereocenters. The summed E-state index contributed by atoms with van der Waals surface area (Å²) < 4.78 is 19.1. The summed E-state index contributed by atoms with van der Waals surface area (Å²) in [5, 5.41) is 5.22. The Labute approximate surface area is 117 Å². The van der Waals surface area contributed by atoms with Gasteiger partial charge in [0.25, 0.3) is 0 Å². The molecule has 0 saturated heterocycles. The quantitative estimate of drug-likeness (QED) is 0.836. The standard InChI is InChI=1S/C15H18FNOS/c1-2-17-11-12-8-13(16)10-14(9-12)18-6-5-15-4-3-7-19-15/h3-4,7-10,17H,2,5-6,11H2,1H3. The lowest BCUT2D eigenvalue weighted by atomic mass is 10.2. The van der Waals surface area contributed by atoms with Gasteiger partial charge in [-0.25, -0.2) is 4.39 Å². The second-order valence-corrected chi connectivity index (χ2v) is 5.29. The van der Waals surface area contributed by atoms with Crippen molar-refractivity contribution in [3.63, 3.8) is 0 Å². The van der Waals surface area contributed by atoms with E-state index in [9.17, 15) is 4.39 Å². The molecular formula is C15H18FNOS. The van der Waals surface area contributed by atoms with Crippen molar-refractivity contribution in [2.75, 3.05) is 13.2 Å². The van der Waals surface area contributed by atoms with Crippen LogP contribution in [0, 0.1) is 5.82 Å². The van der Waals surface area contributed by atoms with Gasteiger partial charge in [-0.2, -0.15) is 0 Å². The molecule has 2 nitrogen and oxygen atoms in total. The fourth-order valence-electron chi connectivity index (χ4n) is 1.80. The van der Waals surface area contributed by atoms with E-state index in [4.69, 9.17) is 4.74 Å². The first-order valence-electron chi connectivity index (χ1n) is 6.43. The van der Waals surface area contributed by atoms with Crippen molar-refractivity contribution in [3.05, 3.63) is 52.0 Å². The maximum Gasteiger partial charge on any atom is 0.127 e. The Bertz CT molecular complexity index is 499. The molecule has 0 saturated carbocycles. The molecule has 2 aromatic rings. The SMILES string of the molecule is CCNCc1cc(F)cc(OCCc2cccs2)c1. The summed E-state index contributed by atoms with van der Waals surface area (Å²) in [5.74, 6) is 0.353. The Morgan fingerprint density at radius 3 is 2.95 bits per heavy atom. The maximum atomic E-state index is 13.4. The molecule has 0 radical (unpaired) electrons. The first-order chi connectivity index (χ1) is 9.28. The summed E-state index contributed by atoms with van der Waals surface area (Å²) in [6, 6.07) is 8.96. The van der Waals surface area contributed by atoms with Crippen molar-refractivity contribution < 1.29 is 9.13 Å². The van der Waals surface area contributed by atoms with Crippen LogP contribution in [-0.2, 0) is 13.0 Å². The Morgan fingerprint density at radius 1 is 1.32 bits per heavy atom. The minimum absolute atomic E-state index is 0.249. The molecule has 4 heteroatoms. The normalized spacial score (nSPS) is 10.6. The number of halogens is 1. The lowest BCUT2D eigenvalue weighted by molar-refractivity contribution is 0.321. The zero-order chi connectivity index (χ0) is 13.5. The highest BCUT2D eigenvalue weighted by Gasteiger charge is 2.02. The molecule has 0 spiro atoms. The van der Waals surface area contributed by atoms with Gasteiger partial charge in [0.15, 0.2) is 0 Å². The maximum absolute atomic E-state index is 13.4. The van der Waals surface area contributed by atoms with Gasteiger partial charge in [-0.05, 0) is 35.7 Å². The van der Waals surface area contributed by atoms with Gasteiger partial charge < -0.3 is 10.1 Å². The zero-order valence-corrected chi connectivity index (χ0v) is 11.8. The van der Waals surface area contributed by atoms with Crippen molar-refractivity contribution in [2.24, 2.45) is 0 Å². The molecule has 0 unspecified atom stereocenters. The van der Waals surface area contributed by atoms with Gasteiger partial charge in [0, 0.05) is 23.9 Å². The molecule has 0 aliphatic carbocycles. The van der Waals surface area contributed by atoms with Crippen LogP contribution in [0.1, 0.15) is 17.4 Å². The summed E-state index contributed by atoms with van der Waals surface area (Å²) in [6.07, 6.45) is 0.858. The van der Waals surface area contributed by atoms with Crippen LogP contribution in [-0.4, -0.2) is 13.2 Å².